The zero-order valence-corrected chi connectivity index (χ0v) is 8.88. The first-order chi connectivity index (χ1) is 5.91. The zero-order chi connectivity index (χ0) is 10.5. The highest BCUT2D eigenvalue weighted by Gasteiger charge is 2.20. The molecular weight excluding hydrogens is 208 g/mol. The van der Waals surface area contributed by atoms with Gasteiger partial charge in [-0.3, -0.25) is 9.35 Å². The minimum absolute atomic E-state index is 0. The summed E-state index contributed by atoms with van der Waals surface area (Å²) in [4.78, 5) is 10.7. The molecule has 5 N–H and O–H groups in total. The monoisotopic (exact) mass is 224 g/mol. The molecular formula is C7H16N2O4S. The Morgan fingerprint density at radius 2 is 2.14 bits per heavy atom. The Bertz CT molecular complexity index is 286. The molecule has 0 saturated carbocycles. The van der Waals surface area contributed by atoms with Crippen LogP contribution in [-0.4, -0.2) is 30.7 Å². The van der Waals surface area contributed by atoms with Crippen molar-refractivity contribution in [3.05, 3.63) is 12.7 Å². The molecule has 0 aromatic carbocycles. The standard InChI is InChI=1S/C7H13NO4S.H3N/c1-3-6(13(10,11)12)5-8-7(9)4-2;/h4,6H,2-3,5H2,1H3,(H,8,9)(H,10,11,12);1H3. The van der Waals surface area contributed by atoms with Crippen molar-refractivity contribution >= 4 is 16.0 Å². The van der Waals surface area contributed by atoms with E-state index in [4.69, 9.17) is 4.55 Å². The van der Waals surface area contributed by atoms with Gasteiger partial charge >= 0.3 is 0 Å². The highest BCUT2D eigenvalue weighted by atomic mass is 32.2. The van der Waals surface area contributed by atoms with Gasteiger partial charge in [-0.25, -0.2) is 0 Å². The third-order valence-corrected chi connectivity index (χ3v) is 2.91. The Labute approximate surface area is 83.7 Å². The third-order valence-electron chi connectivity index (χ3n) is 1.57. The summed E-state index contributed by atoms with van der Waals surface area (Å²) in [5.41, 5.74) is 0. The molecule has 0 heterocycles. The van der Waals surface area contributed by atoms with Crippen molar-refractivity contribution in [1.82, 2.24) is 11.5 Å². The molecule has 0 aromatic rings. The second kappa shape index (κ2) is 6.52. The lowest BCUT2D eigenvalue weighted by Gasteiger charge is -2.10. The van der Waals surface area contributed by atoms with E-state index in [2.05, 4.69) is 11.9 Å². The van der Waals surface area contributed by atoms with Gasteiger partial charge in [-0.2, -0.15) is 8.42 Å². The Kier molecular flexibility index (Phi) is 7.24. The molecule has 0 bridgehead atoms. The van der Waals surface area contributed by atoms with Crippen LogP contribution in [0.1, 0.15) is 13.3 Å². The maximum atomic E-state index is 10.7. The summed E-state index contributed by atoms with van der Waals surface area (Å²) in [7, 11) is -4.07. The number of rotatable bonds is 5. The molecule has 0 aromatic heterocycles. The molecule has 0 radical (unpaired) electrons. The molecule has 0 rings (SSSR count). The number of hydrogen-bond donors (Lipinski definition) is 3. The van der Waals surface area contributed by atoms with Crippen molar-refractivity contribution in [3.63, 3.8) is 0 Å². The van der Waals surface area contributed by atoms with Gasteiger partial charge in [0.05, 0.1) is 0 Å². The summed E-state index contributed by atoms with van der Waals surface area (Å²) < 4.78 is 29.9. The van der Waals surface area contributed by atoms with Crippen molar-refractivity contribution < 1.29 is 17.8 Å². The number of carbonyl (C=O) groups is 1. The van der Waals surface area contributed by atoms with Gasteiger partial charge in [0.2, 0.25) is 5.91 Å². The Balaban J connectivity index is 0. The second-order valence-electron chi connectivity index (χ2n) is 2.49. The first-order valence-corrected chi connectivity index (χ1v) is 5.28. The molecule has 0 aliphatic carbocycles. The lowest BCUT2D eigenvalue weighted by molar-refractivity contribution is -0.116. The fourth-order valence-corrected chi connectivity index (χ4v) is 1.46. The van der Waals surface area contributed by atoms with Crippen molar-refractivity contribution in [2.24, 2.45) is 0 Å². The van der Waals surface area contributed by atoms with Gasteiger partial charge in [-0.15, -0.1) is 0 Å². The van der Waals surface area contributed by atoms with E-state index in [1.54, 1.807) is 6.92 Å². The van der Waals surface area contributed by atoms with E-state index in [0.717, 1.165) is 6.08 Å². The van der Waals surface area contributed by atoms with Gasteiger partial charge in [0, 0.05) is 6.54 Å². The van der Waals surface area contributed by atoms with Crippen LogP contribution in [0.2, 0.25) is 0 Å². The topological polar surface area (TPSA) is 118 Å². The molecule has 1 amide bonds. The summed E-state index contributed by atoms with van der Waals surface area (Å²) >= 11 is 0. The van der Waals surface area contributed by atoms with Crippen molar-refractivity contribution in [2.45, 2.75) is 18.6 Å². The SMILES string of the molecule is C=CC(=O)NCC(CC)S(=O)(=O)O.N. The fourth-order valence-electron chi connectivity index (χ4n) is 0.747. The molecule has 0 fully saturated rings. The van der Waals surface area contributed by atoms with Crippen molar-refractivity contribution in [3.8, 4) is 0 Å². The Morgan fingerprint density at radius 1 is 1.64 bits per heavy atom. The van der Waals surface area contributed by atoms with Gasteiger partial charge in [0.1, 0.15) is 5.25 Å². The third kappa shape index (κ3) is 5.68. The second-order valence-corrected chi connectivity index (χ2v) is 4.19. The number of carbonyl (C=O) groups excluding carboxylic acids is 1. The van der Waals surface area contributed by atoms with Crippen LogP contribution in [0.15, 0.2) is 12.7 Å². The number of hydrogen-bond acceptors (Lipinski definition) is 4. The maximum Gasteiger partial charge on any atom is 0.269 e. The normalized spacial score (nSPS) is 12.4. The molecule has 14 heavy (non-hydrogen) atoms. The highest BCUT2D eigenvalue weighted by Crippen LogP contribution is 2.01. The summed E-state index contributed by atoms with van der Waals surface area (Å²) in [6.07, 6.45) is 1.28. The predicted octanol–water partition coefficient (Wildman–Crippen LogP) is 0.117. The van der Waals surface area contributed by atoms with Crippen LogP contribution in [0.3, 0.4) is 0 Å². The summed E-state index contributed by atoms with van der Waals surface area (Å²) in [5, 5.41) is 1.35. The van der Waals surface area contributed by atoms with Crippen LogP contribution in [-0.2, 0) is 14.9 Å². The first kappa shape index (κ1) is 15.5. The number of amides is 1. The molecule has 1 unspecified atom stereocenters. The molecule has 1 atom stereocenters. The van der Waals surface area contributed by atoms with E-state index in [0.29, 0.717) is 0 Å². The van der Waals surface area contributed by atoms with E-state index < -0.39 is 21.3 Å². The van der Waals surface area contributed by atoms with Gasteiger partial charge < -0.3 is 11.5 Å². The fraction of sp³-hybridized carbons (Fsp3) is 0.571. The molecule has 0 aliphatic heterocycles. The molecule has 0 spiro atoms. The Morgan fingerprint density at radius 3 is 2.43 bits per heavy atom. The first-order valence-electron chi connectivity index (χ1n) is 3.78. The quantitative estimate of drug-likeness (QED) is 0.452. The molecule has 84 valence electrons. The maximum absolute atomic E-state index is 10.7. The molecule has 0 aliphatic rings. The average Bonchev–Trinajstić information content (AvgIpc) is 2.02. The van der Waals surface area contributed by atoms with Crippen molar-refractivity contribution in [1.29, 1.82) is 0 Å². The zero-order valence-electron chi connectivity index (χ0n) is 8.06. The van der Waals surface area contributed by atoms with Crippen molar-refractivity contribution in [2.75, 3.05) is 6.54 Å². The predicted molar refractivity (Wildman–Crippen MR) is 53.9 cm³/mol. The highest BCUT2D eigenvalue weighted by molar-refractivity contribution is 7.86. The van der Waals surface area contributed by atoms with Crippen LogP contribution >= 0.6 is 0 Å². The van der Waals surface area contributed by atoms with E-state index in [1.807, 2.05) is 0 Å². The molecule has 6 nitrogen and oxygen atoms in total. The lowest BCUT2D eigenvalue weighted by atomic mass is 10.3. The smallest absolute Gasteiger partial charge is 0.269 e. The van der Waals surface area contributed by atoms with Gasteiger partial charge in [0.25, 0.3) is 10.1 Å². The van der Waals surface area contributed by atoms with Gasteiger partial charge in [-0.1, -0.05) is 13.5 Å². The molecule has 0 saturated heterocycles. The summed E-state index contributed by atoms with van der Waals surface area (Å²) in [6.45, 7) is 4.72. The average molecular weight is 224 g/mol. The molecule has 7 heteroatoms. The summed E-state index contributed by atoms with van der Waals surface area (Å²) in [5.74, 6) is -0.456. The van der Waals surface area contributed by atoms with E-state index in [1.165, 1.54) is 0 Å². The van der Waals surface area contributed by atoms with Crippen LogP contribution < -0.4 is 11.5 Å². The lowest BCUT2D eigenvalue weighted by Crippen LogP contribution is -2.35. The van der Waals surface area contributed by atoms with Crippen LogP contribution in [0, 0.1) is 0 Å². The van der Waals surface area contributed by atoms with Gasteiger partial charge in [-0.05, 0) is 12.5 Å². The minimum Gasteiger partial charge on any atom is -0.351 e. The van der Waals surface area contributed by atoms with E-state index in [-0.39, 0.29) is 19.1 Å². The Hall–Kier alpha value is -0.920. The van der Waals surface area contributed by atoms with Crippen LogP contribution in [0.4, 0.5) is 0 Å². The van der Waals surface area contributed by atoms with E-state index in [9.17, 15) is 13.2 Å². The van der Waals surface area contributed by atoms with Crippen LogP contribution in [0.25, 0.3) is 0 Å². The summed E-state index contributed by atoms with van der Waals surface area (Å²) in [6, 6.07) is 0. The van der Waals surface area contributed by atoms with E-state index >= 15 is 0 Å². The number of nitrogens with one attached hydrogen (secondary N) is 1. The minimum atomic E-state index is -4.07. The van der Waals surface area contributed by atoms with Crippen LogP contribution in [0.5, 0.6) is 0 Å². The van der Waals surface area contributed by atoms with Gasteiger partial charge in [0.15, 0.2) is 0 Å². The largest absolute Gasteiger partial charge is 0.351 e.